The molecule has 0 aromatic heterocycles. The molecule has 2 bridgehead atoms. The Kier molecular flexibility index (Phi) is 7.45. The molecule has 4 rings (SSSR count). The van der Waals surface area contributed by atoms with Gasteiger partial charge in [0.05, 0.1) is 12.2 Å². The van der Waals surface area contributed by atoms with Gasteiger partial charge in [-0.1, -0.05) is 45.1 Å². The third-order valence-corrected chi connectivity index (χ3v) is 18.8. The van der Waals surface area contributed by atoms with E-state index in [0.717, 1.165) is 13.1 Å². The zero-order valence-corrected chi connectivity index (χ0v) is 22.9. The van der Waals surface area contributed by atoms with Crippen LogP contribution >= 0.6 is 0 Å². The van der Waals surface area contributed by atoms with Crippen LogP contribution in [0.4, 0.5) is 26.3 Å². The summed E-state index contributed by atoms with van der Waals surface area (Å²) in [5.74, 6) is -2.15. The number of benzene rings is 1. The van der Waals surface area contributed by atoms with E-state index >= 15 is 0 Å². The van der Waals surface area contributed by atoms with E-state index in [0.29, 0.717) is 6.42 Å². The molecule has 0 unspecified atom stereocenters. The van der Waals surface area contributed by atoms with Crippen LogP contribution in [0, 0.1) is 23.2 Å². The van der Waals surface area contributed by atoms with Gasteiger partial charge in [-0.05, 0) is 53.7 Å². The predicted molar refractivity (Wildman–Crippen MR) is 123 cm³/mol. The molecule has 3 saturated carbocycles. The Labute approximate surface area is 212 Å². The molecule has 0 N–H and O–H groups in total. The molecule has 4 atom stereocenters. The molecule has 1 aromatic rings. The Balaban J connectivity index is 2.08. The van der Waals surface area contributed by atoms with E-state index in [1.165, 1.54) is 12.1 Å². The molecular formula is C21H27F6NO6S2Si. The highest BCUT2D eigenvalue weighted by atomic mass is 32.3. The third kappa shape index (κ3) is 4.93. The SMILES string of the molecule is CC1(C)[C@H]2C[C@@H]1[C@H](COC(=O)c1ccccc1)[C@@H]([Si](C)(C)N(S(=O)(=O)C(F)(F)F)S(=O)(=O)C(F)(F)F)C2. The number of rotatable bonds is 7. The molecule has 7 nitrogen and oxygen atoms in total. The Bertz CT molecular complexity index is 1200. The molecule has 0 heterocycles. The highest BCUT2D eigenvalue weighted by molar-refractivity contribution is 8.06. The molecule has 0 aliphatic heterocycles. The smallest absolute Gasteiger partial charge is 0.462 e. The minimum absolute atomic E-state index is 0.00642. The molecule has 0 amide bonds. The average Bonchev–Trinajstić information content (AvgIpc) is 2.75. The van der Waals surface area contributed by atoms with Crippen LogP contribution in [0.5, 0.6) is 0 Å². The number of hydrogen-bond donors (Lipinski definition) is 0. The van der Waals surface area contributed by atoms with Crippen LogP contribution in [0.2, 0.25) is 18.6 Å². The summed E-state index contributed by atoms with van der Waals surface area (Å²) in [6.07, 6.45) is 0.535. The summed E-state index contributed by atoms with van der Waals surface area (Å²) in [5, 5.41) is 0. The summed E-state index contributed by atoms with van der Waals surface area (Å²) in [7, 11) is -18.6. The molecule has 37 heavy (non-hydrogen) atoms. The van der Waals surface area contributed by atoms with E-state index in [2.05, 4.69) is 0 Å². The lowest BCUT2D eigenvalue weighted by atomic mass is 9.45. The minimum atomic E-state index is -6.94. The first-order chi connectivity index (χ1) is 16.6. The molecule has 0 radical (unpaired) electrons. The largest absolute Gasteiger partial charge is 0.512 e. The standard InChI is InChI=1S/C21H27F6NO6S2Si/c1-19(2)14-10-16(19)15(12-34-18(29)13-8-6-5-7-9-13)17(11-14)37(3,4)28(35(30,31)20(22,23)24)36(32,33)21(25,26)27/h5-9,14-17H,10-12H2,1-4H3/t14-,15-,16+,17-/m0/s1. The zero-order valence-electron chi connectivity index (χ0n) is 20.3. The first-order valence-electron chi connectivity index (χ1n) is 11.2. The van der Waals surface area contributed by atoms with Gasteiger partial charge in [0.15, 0.2) is 8.24 Å². The summed E-state index contributed by atoms with van der Waals surface area (Å²) in [6, 6.07) is 7.69. The van der Waals surface area contributed by atoms with Crippen molar-refractivity contribution >= 4 is 34.3 Å². The summed E-state index contributed by atoms with van der Waals surface area (Å²) in [6.45, 7) is 5.04. The third-order valence-electron chi connectivity index (χ3n) is 7.93. The van der Waals surface area contributed by atoms with Crippen molar-refractivity contribution in [2.24, 2.45) is 23.2 Å². The number of esters is 1. The fraction of sp³-hybridized carbons (Fsp3) is 0.667. The van der Waals surface area contributed by atoms with Gasteiger partial charge in [0.1, 0.15) is 0 Å². The fourth-order valence-electron chi connectivity index (χ4n) is 5.89. The summed E-state index contributed by atoms with van der Waals surface area (Å²) < 4.78 is 135. The summed E-state index contributed by atoms with van der Waals surface area (Å²) in [4.78, 5) is 12.5. The average molecular weight is 596 g/mol. The van der Waals surface area contributed by atoms with Gasteiger partial charge < -0.3 is 4.74 Å². The number of sulfonamides is 2. The van der Waals surface area contributed by atoms with Crippen molar-refractivity contribution in [1.82, 2.24) is 3.38 Å². The second-order valence-electron chi connectivity index (χ2n) is 10.6. The van der Waals surface area contributed by atoms with Crippen molar-refractivity contribution in [3.63, 3.8) is 0 Å². The van der Waals surface area contributed by atoms with Crippen molar-refractivity contribution < 1.29 is 52.7 Å². The number of fused-ring (bicyclic) bond motifs is 2. The van der Waals surface area contributed by atoms with Crippen molar-refractivity contribution in [2.45, 2.75) is 56.3 Å². The number of hydrogen-bond acceptors (Lipinski definition) is 6. The van der Waals surface area contributed by atoms with E-state index in [1.807, 2.05) is 13.8 Å². The second kappa shape index (κ2) is 9.22. The van der Waals surface area contributed by atoms with Crippen molar-refractivity contribution in [3.05, 3.63) is 35.9 Å². The quantitative estimate of drug-likeness (QED) is 0.247. The van der Waals surface area contributed by atoms with Crippen molar-refractivity contribution in [2.75, 3.05) is 6.61 Å². The molecule has 1 aromatic carbocycles. The van der Waals surface area contributed by atoms with Crippen LogP contribution in [0.1, 0.15) is 37.0 Å². The molecule has 210 valence electrons. The molecule has 0 saturated heterocycles. The lowest BCUT2D eigenvalue weighted by Crippen LogP contribution is -2.67. The van der Waals surface area contributed by atoms with Crippen LogP contribution in [-0.2, 0) is 24.8 Å². The second-order valence-corrected chi connectivity index (χ2v) is 19.5. The minimum Gasteiger partial charge on any atom is -0.462 e. The monoisotopic (exact) mass is 595 g/mol. The molecular weight excluding hydrogens is 568 g/mol. The molecule has 3 fully saturated rings. The first kappa shape index (κ1) is 29.9. The van der Waals surface area contributed by atoms with Gasteiger partial charge in [0.25, 0.3) is 0 Å². The van der Waals surface area contributed by atoms with Crippen molar-refractivity contribution in [1.29, 1.82) is 0 Å². The lowest BCUT2D eigenvalue weighted by molar-refractivity contribution is -0.119. The predicted octanol–water partition coefficient (Wildman–Crippen LogP) is 5.10. The summed E-state index contributed by atoms with van der Waals surface area (Å²) in [5.41, 5.74) is -14.0. The van der Waals surface area contributed by atoms with Gasteiger partial charge >= 0.3 is 37.0 Å². The number of ether oxygens (including phenoxy) is 1. The molecule has 3 aliphatic rings. The topological polar surface area (TPSA) is 97.8 Å². The van der Waals surface area contributed by atoms with Gasteiger partial charge in [-0.3, -0.25) is 0 Å². The van der Waals surface area contributed by atoms with Gasteiger partial charge in [-0.15, -0.1) is 3.38 Å². The Morgan fingerprint density at radius 3 is 1.89 bits per heavy atom. The fourth-order valence-corrected chi connectivity index (χ4v) is 16.7. The maximum absolute atomic E-state index is 13.5. The normalized spacial score (nSPS) is 26.5. The highest BCUT2D eigenvalue weighted by Crippen LogP contribution is 2.67. The van der Waals surface area contributed by atoms with Gasteiger partial charge in [0, 0.05) is 0 Å². The van der Waals surface area contributed by atoms with Gasteiger partial charge in [0.2, 0.25) is 0 Å². The lowest BCUT2D eigenvalue weighted by Gasteiger charge is -2.64. The number of carbonyl (C=O) groups excluding carboxylic acids is 1. The van der Waals surface area contributed by atoms with E-state index < -0.39 is 72.1 Å². The first-order valence-corrected chi connectivity index (χ1v) is 17.1. The number of nitrogens with zero attached hydrogens (tertiary/aromatic N) is 1. The van der Waals surface area contributed by atoms with E-state index in [1.54, 1.807) is 18.2 Å². The molecule has 16 heteroatoms. The maximum atomic E-state index is 13.5. The van der Waals surface area contributed by atoms with Gasteiger partial charge in [-0.2, -0.15) is 26.3 Å². The molecule has 0 spiro atoms. The highest BCUT2D eigenvalue weighted by Gasteiger charge is 2.70. The van der Waals surface area contributed by atoms with Crippen LogP contribution in [0.15, 0.2) is 30.3 Å². The van der Waals surface area contributed by atoms with Crippen molar-refractivity contribution in [3.8, 4) is 0 Å². The van der Waals surface area contributed by atoms with Crippen LogP contribution < -0.4 is 0 Å². The Morgan fingerprint density at radius 2 is 1.46 bits per heavy atom. The van der Waals surface area contributed by atoms with Crippen LogP contribution in [0.3, 0.4) is 0 Å². The van der Waals surface area contributed by atoms with Gasteiger partial charge in [-0.25, -0.2) is 21.6 Å². The Hall–Kier alpha value is -1.65. The summed E-state index contributed by atoms with van der Waals surface area (Å²) >= 11 is 0. The zero-order chi connectivity index (χ0) is 28.4. The van der Waals surface area contributed by atoms with E-state index in [4.69, 9.17) is 4.74 Å². The molecule has 3 aliphatic carbocycles. The van der Waals surface area contributed by atoms with Crippen LogP contribution in [-0.4, -0.2) is 52.0 Å². The van der Waals surface area contributed by atoms with E-state index in [-0.39, 0.29) is 23.8 Å². The van der Waals surface area contributed by atoms with E-state index in [9.17, 15) is 48.0 Å². The number of carbonyl (C=O) groups is 1. The van der Waals surface area contributed by atoms with Crippen LogP contribution in [0.25, 0.3) is 0 Å². The number of alkyl halides is 6. The number of halogens is 6. The maximum Gasteiger partial charge on any atom is 0.512 e. The Morgan fingerprint density at radius 1 is 0.973 bits per heavy atom.